The molecule has 1 heterocycles. The van der Waals surface area contributed by atoms with Crippen LogP contribution in [-0.2, 0) is 11.2 Å². The van der Waals surface area contributed by atoms with Gasteiger partial charge in [0.2, 0.25) is 5.91 Å². The molecule has 96 valence electrons. The van der Waals surface area contributed by atoms with Crippen molar-refractivity contribution in [2.75, 3.05) is 11.5 Å². The monoisotopic (exact) mass is 325 g/mol. The van der Waals surface area contributed by atoms with Crippen LogP contribution in [0.1, 0.15) is 23.6 Å². The zero-order valence-electron chi connectivity index (χ0n) is 10.1. The number of halogens is 1. The summed E-state index contributed by atoms with van der Waals surface area (Å²) in [5.74, 6) is 2.54. The lowest BCUT2D eigenvalue weighted by Gasteiger charge is -2.20. The summed E-state index contributed by atoms with van der Waals surface area (Å²) in [6.07, 6.45) is 2.03. The Morgan fingerprint density at radius 3 is 3.00 bits per heavy atom. The van der Waals surface area contributed by atoms with Crippen molar-refractivity contribution in [2.45, 2.75) is 23.7 Å². The number of fused-ring (bicyclic) bond motifs is 1. The molecule has 0 radical (unpaired) electrons. The Labute approximate surface area is 120 Å². The number of carbonyl (C=O) groups is 1. The normalized spacial score (nSPS) is 30.2. The molecule has 18 heavy (non-hydrogen) atoms. The van der Waals surface area contributed by atoms with Crippen LogP contribution in [0.3, 0.4) is 0 Å². The number of carbonyl (C=O) groups excluding carboxylic acids is 1. The molecule has 1 fully saturated rings. The predicted octanol–water partition coefficient (Wildman–Crippen LogP) is 2.92. The van der Waals surface area contributed by atoms with Crippen molar-refractivity contribution in [1.29, 1.82) is 0 Å². The molecule has 2 aliphatic rings. The molecule has 0 spiro atoms. The molecule has 0 aromatic heterocycles. The van der Waals surface area contributed by atoms with Crippen LogP contribution in [-0.4, -0.2) is 22.2 Å². The second-order valence-corrected chi connectivity index (χ2v) is 7.29. The molecule has 3 unspecified atom stereocenters. The topological polar surface area (TPSA) is 29.1 Å². The molecule has 3 atom stereocenters. The largest absolute Gasteiger partial charge is 0.348 e. The van der Waals surface area contributed by atoms with E-state index in [9.17, 15) is 4.79 Å². The van der Waals surface area contributed by atoms with Crippen LogP contribution in [0.2, 0.25) is 0 Å². The van der Waals surface area contributed by atoms with Gasteiger partial charge in [-0.3, -0.25) is 4.79 Å². The van der Waals surface area contributed by atoms with Gasteiger partial charge in [-0.25, -0.2) is 0 Å². The first-order valence-electron chi connectivity index (χ1n) is 6.35. The molecule has 3 rings (SSSR count). The van der Waals surface area contributed by atoms with Gasteiger partial charge in [0.15, 0.2) is 0 Å². The highest BCUT2D eigenvalue weighted by molar-refractivity contribution is 9.09. The molecule has 1 amide bonds. The summed E-state index contributed by atoms with van der Waals surface area (Å²) >= 11 is 5.58. The van der Waals surface area contributed by atoms with E-state index in [1.54, 1.807) is 0 Å². The summed E-state index contributed by atoms with van der Waals surface area (Å²) in [7, 11) is 0. The molecular weight excluding hydrogens is 310 g/mol. The van der Waals surface area contributed by atoms with Gasteiger partial charge in [-0.15, -0.1) is 0 Å². The van der Waals surface area contributed by atoms with Crippen LogP contribution in [0, 0.1) is 5.92 Å². The summed E-state index contributed by atoms with van der Waals surface area (Å²) in [6, 6.07) is 8.54. The minimum absolute atomic E-state index is 0.138. The molecule has 1 aliphatic carbocycles. The van der Waals surface area contributed by atoms with E-state index in [0.29, 0.717) is 4.83 Å². The zero-order valence-corrected chi connectivity index (χ0v) is 12.5. The van der Waals surface area contributed by atoms with Crippen LogP contribution in [0.5, 0.6) is 0 Å². The van der Waals surface area contributed by atoms with E-state index in [2.05, 4.69) is 45.5 Å². The Morgan fingerprint density at radius 2 is 2.22 bits per heavy atom. The Balaban J connectivity index is 1.74. The fraction of sp³-hybridized carbons (Fsp3) is 0.500. The highest BCUT2D eigenvalue weighted by atomic mass is 79.9. The van der Waals surface area contributed by atoms with E-state index in [1.165, 1.54) is 11.1 Å². The van der Waals surface area contributed by atoms with Crippen molar-refractivity contribution in [3.63, 3.8) is 0 Å². The second kappa shape index (κ2) is 5.25. The lowest BCUT2D eigenvalue weighted by molar-refractivity contribution is -0.124. The minimum atomic E-state index is 0.138. The molecule has 1 aromatic carbocycles. The third-order valence-corrected chi connectivity index (χ3v) is 5.78. The summed E-state index contributed by atoms with van der Waals surface area (Å²) in [6.45, 7) is 0. The van der Waals surface area contributed by atoms with Crippen molar-refractivity contribution in [1.82, 2.24) is 5.32 Å². The lowest BCUT2D eigenvalue weighted by atomic mass is 10.1. The molecule has 2 nitrogen and oxygen atoms in total. The first-order chi connectivity index (χ1) is 8.75. The SMILES string of the molecule is O=C(NC1c2ccccc2CC1Br)C1CCSC1. The molecule has 0 saturated carbocycles. The highest BCUT2D eigenvalue weighted by Gasteiger charge is 2.33. The Kier molecular flexibility index (Phi) is 3.66. The van der Waals surface area contributed by atoms with E-state index in [-0.39, 0.29) is 17.9 Å². The quantitative estimate of drug-likeness (QED) is 0.847. The number of thioether (sulfide) groups is 1. The van der Waals surface area contributed by atoms with Crippen molar-refractivity contribution in [3.05, 3.63) is 35.4 Å². The molecule has 0 bridgehead atoms. The van der Waals surface area contributed by atoms with Gasteiger partial charge < -0.3 is 5.32 Å². The van der Waals surface area contributed by atoms with Crippen LogP contribution >= 0.6 is 27.7 Å². The fourth-order valence-electron chi connectivity index (χ4n) is 2.73. The number of amides is 1. The highest BCUT2D eigenvalue weighted by Crippen LogP contribution is 2.36. The summed E-state index contributed by atoms with van der Waals surface area (Å²) in [5, 5.41) is 3.23. The second-order valence-electron chi connectivity index (χ2n) is 4.97. The van der Waals surface area contributed by atoms with Gasteiger partial charge in [-0.1, -0.05) is 40.2 Å². The van der Waals surface area contributed by atoms with Gasteiger partial charge in [0.1, 0.15) is 0 Å². The van der Waals surface area contributed by atoms with Crippen LogP contribution in [0.25, 0.3) is 0 Å². The number of benzene rings is 1. The Bertz CT molecular complexity index is 459. The van der Waals surface area contributed by atoms with Crippen molar-refractivity contribution < 1.29 is 4.79 Å². The fourth-order valence-corrected chi connectivity index (χ4v) is 4.71. The average molecular weight is 326 g/mol. The first kappa shape index (κ1) is 12.5. The average Bonchev–Trinajstić information content (AvgIpc) is 2.98. The van der Waals surface area contributed by atoms with Gasteiger partial charge in [0.25, 0.3) is 0 Å². The molecule has 1 N–H and O–H groups in total. The number of hydrogen-bond acceptors (Lipinski definition) is 2. The third kappa shape index (κ3) is 2.32. The maximum absolute atomic E-state index is 12.2. The van der Waals surface area contributed by atoms with E-state index in [0.717, 1.165) is 24.3 Å². The van der Waals surface area contributed by atoms with Gasteiger partial charge in [0.05, 0.1) is 6.04 Å². The summed E-state index contributed by atoms with van der Waals surface area (Å²) < 4.78 is 0. The Hall–Kier alpha value is -0.480. The lowest BCUT2D eigenvalue weighted by Crippen LogP contribution is -2.36. The van der Waals surface area contributed by atoms with E-state index >= 15 is 0 Å². The third-order valence-electron chi connectivity index (χ3n) is 3.76. The first-order valence-corrected chi connectivity index (χ1v) is 8.43. The number of alkyl halides is 1. The molecule has 1 aliphatic heterocycles. The number of rotatable bonds is 2. The van der Waals surface area contributed by atoms with Crippen molar-refractivity contribution in [3.8, 4) is 0 Å². The smallest absolute Gasteiger partial charge is 0.224 e. The summed E-state index contributed by atoms with van der Waals surface area (Å²) in [4.78, 5) is 12.5. The Morgan fingerprint density at radius 1 is 1.39 bits per heavy atom. The summed E-state index contributed by atoms with van der Waals surface area (Å²) in [5.41, 5.74) is 2.63. The van der Waals surface area contributed by atoms with E-state index < -0.39 is 0 Å². The standard InChI is InChI=1S/C14H16BrNOS/c15-12-7-9-3-1-2-4-11(9)13(12)16-14(17)10-5-6-18-8-10/h1-4,10,12-13H,5-8H2,(H,16,17). The molecule has 1 saturated heterocycles. The van der Waals surface area contributed by atoms with Crippen molar-refractivity contribution >= 4 is 33.6 Å². The zero-order chi connectivity index (χ0) is 12.5. The maximum atomic E-state index is 12.2. The number of nitrogens with one attached hydrogen (secondary N) is 1. The van der Waals surface area contributed by atoms with Crippen LogP contribution in [0.15, 0.2) is 24.3 Å². The predicted molar refractivity (Wildman–Crippen MR) is 79.2 cm³/mol. The number of hydrogen-bond donors (Lipinski definition) is 1. The van der Waals surface area contributed by atoms with Gasteiger partial charge in [0, 0.05) is 16.5 Å². The molecule has 1 aromatic rings. The van der Waals surface area contributed by atoms with Gasteiger partial charge in [-0.2, -0.15) is 11.8 Å². The van der Waals surface area contributed by atoms with Gasteiger partial charge >= 0.3 is 0 Å². The van der Waals surface area contributed by atoms with Gasteiger partial charge in [-0.05, 0) is 29.7 Å². The van der Waals surface area contributed by atoms with Crippen LogP contribution < -0.4 is 5.32 Å². The maximum Gasteiger partial charge on any atom is 0.224 e. The molecule has 4 heteroatoms. The molecular formula is C14H16BrNOS. The van der Waals surface area contributed by atoms with Crippen molar-refractivity contribution in [2.24, 2.45) is 5.92 Å². The minimum Gasteiger partial charge on any atom is -0.348 e. The van der Waals surface area contributed by atoms with E-state index in [4.69, 9.17) is 0 Å². The van der Waals surface area contributed by atoms with Crippen LogP contribution in [0.4, 0.5) is 0 Å². The van der Waals surface area contributed by atoms with E-state index in [1.807, 2.05) is 11.8 Å².